The minimum absolute atomic E-state index is 0.0992. The predicted octanol–water partition coefficient (Wildman–Crippen LogP) is 2.39. The molecule has 0 spiro atoms. The van der Waals surface area contributed by atoms with Crippen LogP contribution < -0.4 is 0 Å². The van der Waals surface area contributed by atoms with Crippen LogP contribution in [0.4, 0.5) is 0 Å². The minimum Gasteiger partial charge on any atom is -0.211 e. The molecule has 0 aliphatic carbocycles. The van der Waals surface area contributed by atoms with Crippen LogP contribution in [-0.2, 0) is 9.59 Å². The van der Waals surface area contributed by atoms with Crippen molar-refractivity contribution in [3.8, 4) is 0 Å². The largest absolute Gasteiger partial charge is 0.235 e. The molecular formula is C11H18N2O2. The van der Waals surface area contributed by atoms with Crippen LogP contribution in [0, 0.1) is 0 Å². The topological polar surface area (TPSA) is 58.9 Å². The fourth-order valence-corrected chi connectivity index (χ4v) is 1.36. The molecule has 0 radical (unpaired) electrons. The van der Waals surface area contributed by atoms with Gasteiger partial charge in [0.15, 0.2) is 0 Å². The molecular weight excluding hydrogens is 192 g/mol. The molecule has 0 rings (SSSR count). The van der Waals surface area contributed by atoms with E-state index in [9.17, 15) is 9.59 Å². The summed E-state index contributed by atoms with van der Waals surface area (Å²) in [5.41, 5.74) is 0. The van der Waals surface area contributed by atoms with Crippen molar-refractivity contribution in [2.24, 2.45) is 9.98 Å². The van der Waals surface area contributed by atoms with Crippen molar-refractivity contribution >= 4 is 12.2 Å². The Balaban J connectivity index is 3.17. The van der Waals surface area contributed by atoms with Crippen molar-refractivity contribution in [3.05, 3.63) is 0 Å². The number of aliphatic imine (C=N–C) groups is 2. The smallest absolute Gasteiger partial charge is 0.211 e. The van der Waals surface area contributed by atoms with Crippen LogP contribution in [0.15, 0.2) is 9.98 Å². The third-order valence-corrected chi connectivity index (χ3v) is 2.23. The first-order chi connectivity index (χ1) is 7.31. The summed E-state index contributed by atoms with van der Waals surface area (Å²) in [5.74, 6) is 0. The van der Waals surface area contributed by atoms with Gasteiger partial charge in [-0.25, -0.2) is 19.6 Å². The molecule has 4 heteroatoms. The summed E-state index contributed by atoms with van der Waals surface area (Å²) in [7, 11) is 0. The zero-order valence-corrected chi connectivity index (χ0v) is 9.24. The van der Waals surface area contributed by atoms with Crippen molar-refractivity contribution in [1.82, 2.24) is 0 Å². The monoisotopic (exact) mass is 210 g/mol. The molecule has 0 aliphatic heterocycles. The predicted molar refractivity (Wildman–Crippen MR) is 58.3 cm³/mol. The fourth-order valence-electron chi connectivity index (χ4n) is 1.36. The van der Waals surface area contributed by atoms with Gasteiger partial charge < -0.3 is 0 Å². The van der Waals surface area contributed by atoms with E-state index in [1.54, 1.807) is 6.08 Å². The van der Waals surface area contributed by atoms with E-state index < -0.39 is 0 Å². The van der Waals surface area contributed by atoms with Crippen molar-refractivity contribution in [3.63, 3.8) is 0 Å². The van der Waals surface area contributed by atoms with Gasteiger partial charge in [-0.3, -0.25) is 0 Å². The van der Waals surface area contributed by atoms with Crippen LogP contribution in [0.2, 0.25) is 0 Å². The number of rotatable bonds is 9. The van der Waals surface area contributed by atoms with Crippen LogP contribution in [0.3, 0.4) is 0 Å². The van der Waals surface area contributed by atoms with E-state index in [0.29, 0.717) is 6.54 Å². The van der Waals surface area contributed by atoms with Crippen LogP contribution in [-0.4, -0.2) is 24.7 Å². The molecule has 0 aromatic heterocycles. The average Bonchev–Trinajstić information content (AvgIpc) is 2.22. The lowest BCUT2D eigenvalue weighted by Crippen LogP contribution is -1.96. The van der Waals surface area contributed by atoms with Gasteiger partial charge in [-0.1, -0.05) is 25.7 Å². The highest BCUT2D eigenvalue weighted by Gasteiger charge is 1.98. The normalized spacial score (nSPS) is 11.3. The molecule has 0 bridgehead atoms. The van der Waals surface area contributed by atoms with Crippen molar-refractivity contribution in [2.75, 3.05) is 6.54 Å². The molecule has 1 unspecified atom stereocenters. The maximum atomic E-state index is 9.92. The summed E-state index contributed by atoms with van der Waals surface area (Å²) in [4.78, 5) is 26.8. The van der Waals surface area contributed by atoms with E-state index in [1.807, 2.05) is 6.92 Å². The SMILES string of the molecule is CC(CCCCCCCN=C=O)N=C=O. The second kappa shape index (κ2) is 10.8. The first-order valence-electron chi connectivity index (χ1n) is 5.42. The maximum absolute atomic E-state index is 9.92. The summed E-state index contributed by atoms with van der Waals surface area (Å²) >= 11 is 0. The summed E-state index contributed by atoms with van der Waals surface area (Å²) in [6.45, 7) is 2.51. The first-order valence-corrected chi connectivity index (χ1v) is 5.42. The van der Waals surface area contributed by atoms with Gasteiger partial charge in [0.1, 0.15) is 0 Å². The highest BCUT2D eigenvalue weighted by molar-refractivity contribution is 5.33. The number of carbonyl (C=O) groups excluding carboxylic acids is 2. The molecule has 0 amide bonds. The Morgan fingerprint density at radius 3 is 2.33 bits per heavy atom. The minimum atomic E-state index is 0.0992. The molecule has 0 aliphatic rings. The molecule has 0 heterocycles. The van der Waals surface area contributed by atoms with Gasteiger partial charge in [0.25, 0.3) is 0 Å². The first kappa shape index (κ1) is 13.8. The molecule has 0 fully saturated rings. The number of hydrogen-bond donors (Lipinski definition) is 0. The number of hydrogen-bond acceptors (Lipinski definition) is 4. The molecule has 0 saturated carbocycles. The Labute approximate surface area is 90.5 Å². The second-order valence-electron chi connectivity index (χ2n) is 3.60. The highest BCUT2D eigenvalue weighted by atomic mass is 16.1. The maximum Gasteiger partial charge on any atom is 0.235 e. The number of isocyanates is 2. The molecule has 4 nitrogen and oxygen atoms in total. The zero-order chi connectivity index (χ0) is 11.4. The van der Waals surface area contributed by atoms with E-state index >= 15 is 0 Å². The van der Waals surface area contributed by atoms with Crippen LogP contribution >= 0.6 is 0 Å². The Morgan fingerprint density at radius 1 is 1.00 bits per heavy atom. The van der Waals surface area contributed by atoms with Gasteiger partial charge in [0.2, 0.25) is 12.2 Å². The summed E-state index contributed by atoms with van der Waals surface area (Å²) in [6, 6.07) is 0.0992. The van der Waals surface area contributed by atoms with Gasteiger partial charge >= 0.3 is 0 Å². The molecule has 1 atom stereocenters. The van der Waals surface area contributed by atoms with E-state index in [-0.39, 0.29) is 6.04 Å². The molecule has 84 valence electrons. The summed E-state index contributed by atoms with van der Waals surface area (Å²) in [6.07, 6.45) is 9.46. The van der Waals surface area contributed by atoms with E-state index in [0.717, 1.165) is 38.5 Å². The fraction of sp³-hybridized carbons (Fsp3) is 0.818. The van der Waals surface area contributed by atoms with Gasteiger partial charge in [0, 0.05) is 0 Å². The molecule has 0 aromatic carbocycles. The Hall–Kier alpha value is -1.24. The number of nitrogens with zero attached hydrogens (tertiary/aromatic N) is 2. The van der Waals surface area contributed by atoms with E-state index in [4.69, 9.17) is 0 Å². The van der Waals surface area contributed by atoms with E-state index in [1.165, 1.54) is 6.08 Å². The Bertz CT molecular complexity index is 241. The lowest BCUT2D eigenvalue weighted by atomic mass is 10.1. The molecule has 0 N–H and O–H groups in total. The Kier molecular flexibility index (Phi) is 9.94. The second-order valence-corrected chi connectivity index (χ2v) is 3.60. The van der Waals surface area contributed by atoms with Gasteiger partial charge in [-0.2, -0.15) is 0 Å². The van der Waals surface area contributed by atoms with Crippen LogP contribution in [0.5, 0.6) is 0 Å². The van der Waals surface area contributed by atoms with Crippen molar-refractivity contribution in [2.45, 2.75) is 51.5 Å². The van der Waals surface area contributed by atoms with Crippen molar-refractivity contribution in [1.29, 1.82) is 0 Å². The highest BCUT2D eigenvalue weighted by Crippen LogP contribution is 2.08. The lowest BCUT2D eigenvalue weighted by Gasteiger charge is -2.03. The van der Waals surface area contributed by atoms with Gasteiger partial charge in [-0.15, -0.1) is 0 Å². The van der Waals surface area contributed by atoms with Crippen LogP contribution in [0.25, 0.3) is 0 Å². The Morgan fingerprint density at radius 2 is 1.67 bits per heavy atom. The molecule has 0 aromatic rings. The lowest BCUT2D eigenvalue weighted by molar-refractivity contribution is 0.538. The standard InChI is InChI=1S/C11H18N2O2/c1-11(13-10-15)7-5-3-2-4-6-8-12-9-14/h11H,2-8H2,1H3. The van der Waals surface area contributed by atoms with Crippen LogP contribution in [0.1, 0.15) is 45.4 Å². The zero-order valence-electron chi connectivity index (χ0n) is 9.24. The van der Waals surface area contributed by atoms with Crippen molar-refractivity contribution < 1.29 is 9.59 Å². The van der Waals surface area contributed by atoms with Gasteiger partial charge in [-0.05, 0) is 19.8 Å². The van der Waals surface area contributed by atoms with Gasteiger partial charge in [0.05, 0.1) is 12.6 Å². The molecule has 0 saturated heterocycles. The molecule has 15 heavy (non-hydrogen) atoms. The third kappa shape index (κ3) is 10.7. The quantitative estimate of drug-likeness (QED) is 0.333. The van der Waals surface area contributed by atoms with E-state index in [2.05, 4.69) is 9.98 Å². The summed E-state index contributed by atoms with van der Waals surface area (Å²) < 4.78 is 0. The number of unbranched alkanes of at least 4 members (excludes halogenated alkanes) is 4. The third-order valence-electron chi connectivity index (χ3n) is 2.23. The summed E-state index contributed by atoms with van der Waals surface area (Å²) in [5, 5.41) is 0. The average molecular weight is 210 g/mol.